The Hall–Kier alpha value is -3.29. The minimum Gasteiger partial charge on any atom is -0.487 e. The number of ether oxygens (including phenoxy) is 4. The first-order chi connectivity index (χ1) is 15.6. The van der Waals surface area contributed by atoms with E-state index in [-0.39, 0.29) is 11.5 Å². The highest BCUT2D eigenvalue weighted by Gasteiger charge is 2.38. The Labute approximate surface area is 199 Å². The number of alkyl carbamates (subject to hydrolysis) is 1. The molecule has 0 aromatic heterocycles. The second-order valence-electron chi connectivity index (χ2n) is 10.6. The number of hydrogen-bond donors (Lipinski definition) is 1. The number of carbonyl (C=O) groups excluding carboxylic acids is 3. The molecule has 1 aliphatic heterocycles. The van der Waals surface area contributed by atoms with Crippen molar-refractivity contribution in [1.29, 1.82) is 0 Å². The zero-order chi connectivity index (χ0) is 25.5. The highest BCUT2D eigenvalue weighted by atomic mass is 16.6. The zero-order valence-corrected chi connectivity index (χ0v) is 21.1. The van der Waals surface area contributed by atoms with E-state index in [1.54, 1.807) is 32.9 Å². The van der Waals surface area contributed by atoms with Gasteiger partial charge in [-0.15, -0.1) is 0 Å². The predicted octanol–water partition coefficient (Wildman–Crippen LogP) is 5.08. The highest BCUT2D eigenvalue weighted by molar-refractivity contribution is 6.00. The molecule has 0 bridgehead atoms. The van der Waals surface area contributed by atoms with Crippen LogP contribution in [-0.4, -0.2) is 34.8 Å². The summed E-state index contributed by atoms with van der Waals surface area (Å²) in [5.41, 5.74) is -1.94. The first kappa shape index (κ1) is 25.3. The lowest BCUT2D eigenvalue weighted by Crippen LogP contribution is -2.53. The van der Waals surface area contributed by atoms with Crippen molar-refractivity contribution >= 4 is 28.8 Å². The summed E-state index contributed by atoms with van der Waals surface area (Å²) in [5, 5.41) is 3.88. The van der Waals surface area contributed by atoms with Crippen molar-refractivity contribution in [3.8, 4) is 17.2 Å². The van der Waals surface area contributed by atoms with Crippen LogP contribution in [0.15, 0.2) is 24.3 Å². The molecule has 1 amide bonds. The average Bonchev–Trinajstić information content (AvgIpc) is 2.67. The molecule has 1 heterocycles. The Balaban J connectivity index is 2.08. The van der Waals surface area contributed by atoms with Gasteiger partial charge in [0.15, 0.2) is 11.5 Å². The summed E-state index contributed by atoms with van der Waals surface area (Å²) in [4.78, 5) is 37.5. The standard InChI is InChI=1S/C26H33NO7/c1-15(28)31-20-17-12-10-9-11-16(17)19-18(13-14-25(5,6)33-19)21(20)32-22(29)26(7,8)27-23(30)34-24(2,3)4/h9-12H,13-14H2,1-8H3,(H,27,30). The summed E-state index contributed by atoms with van der Waals surface area (Å²) in [6.07, 6.45) is 0.464. The van der Waals surface area contributed by atoms with Gasteiger partial charge in [0.1, 0.15) is 22.5 Å². The molecule has 1 aliphatic rings. The van der Waals surface area contributed by atoms with Crippen LogP contribution in [0.5, 0.6) is 17.2 Å². The van der Waals surface area contributed by atoms with E-state index in [0.29, 0.717) is 29.5 Å². The summed E-state index contributed by atoms with van der Waals surface area (Å²) in [6, 6.07) is 7.32. The van der Waals surface area contributed by atoms with Gasteiger partial charge in [0.05, 0.1) is 0 Å². The maximum atomic E-state index is 13.2. The van der Waals surface area contributed by atoms with Gasteiger partial charge in [0.25, 0.3) is 0 Å². The maximum Gasteiger partial charge on any atom is 0.408 e. The molecule has 8 nitrogen and oxygen atoms in total. The second-order valence-corrected chi connectivity index (χ2v) is 10.6. The minimum atomic E-state index is -1.43. The van der Waals surface area contributed by atoms with Crippen LogP contribution in [0.25, 0.3) is 10.8 Å². The topological polar surface area (TPSA) is 100 Å². The van der Waals surface area contributed by atoms with E-state index < -0.39 is 34.8 Å². The summed E-state index contributed by atoms with van der Waals surface area (Å²) in [6.45, 7) is 13.5. The van der Waals surface area contributed by atoms with Crippen molar-refractivity contribution in [2.24, 2.45) is 0 Å². The van der Waals surface area contributed by atoms with Gasteiger partial charge in [-0.2, -0.15) is 0 Å². The quantitative estimate of drug-likeness (QED) is 0.490. The van der Waals surface area contributed by atoms with Crippen LogP contribution in [0.3, 0.4) is 0 Å². The number of benzene rings is 2. The molecule has 0 saturated carbocycles. The summed E-state index contributed by atoms with van der Waals surface area (Å²) >= 11 is 0. The van der Waals surface area contributed by atoms with Gasteiger partial charge < -0.3 is 24.3 Å². The Morgan fingerprint density at radius 2 is 1.59 bits per heavy atom. The highest BCUT2D eigenvalue weighted by Crippen LogP contribution is 2.50. The molecule has 0 saturated heterocycles. The lowest BCUT2D eigenvalue weighted by molar-refractivity contribution is -0.141. The smallest absolute Gasteiger partial charge is 0.408 e. The molecule has 0 aliphatic carbocycles. The zero-order valence-electron chi connectivity index (χ0n) is 21.1. The molecule has 0 unspecified atom stereocenters. The summed E-state index contributed by atoms with van der Waals surface area (Å²) in [7, 11) is 0. The molecule has 2 aromatic rings. The Morgan fingerprint density at radius 1 is 0.971 bits per heavy atom. The molecular weight excluding hydrogens is 438 g/mol. The molecule has 0 spiro atoms. The second kappa shape index (κ2) is 8.81. The molecule has 34 heavy (non-hydrogen) atoms. The fourth-order valence-corrected chi connectivity index (χ4v) is 3.68. The van der Waals surface area contributed by atoms with Crippen molar-refractivity contribution in [1.82, 2.24) is 5.32 Å². The van der Waals surface area contributed by atoms with E-state index in [2.05, 4.69) is 5.32 Å². The van der Waals surface area contributed by atoms with Gasteiger partial charge in [-0.1, -0.05) is 24.3 Å². The minimum absolute atomic E-state index is 0.114. The third kappa shape index (κ3) is 5.61. The third-order valence-corrected chi connectivity index (χ3v) is 5.29. The Morgan fingerprint density at radius 3 is 2.18 bits per heavy atom. The van der Waals surface area contributed by atoms with Gasteiger partial charge in [-0.3, -0.25) is 4.79 Å². The monoisotopic (exact) mass is 471 g/mol. The third-order valence-electron chi connectivity index (χ3n) is 5.29. The summed E-state index contributed by atoms with van der Waals surface area (Å²) < 4.78 is 23.0. The molecule has 3 rings (SSSR count). The molecule has 8 heteroatoms. The van der Waals surface area contributed by atoms with Crippen LogP contribution in [0.4, 0.5) is 4.79 Å². The van der Waals surface area contributed by atoms with Crippen LogP contribution < -0.4 is 19.5 Å². The van der Waals surface area contributed by atoms with Crippen LogP contribution in [-0.2, 0) is 20.7 Å². The lowest BCUT2D eigenvalue weighted by atomic mass is 9.91. The number of rotatable bonds is 4. The molecule has 0 fully saturated rings. The van der Waals surface area contributed by atoms with E-state index in [9.17, 15) is 14.4 Å². The molecule has 0 radical (unpaired) electrons. The van der Waals surface area contributed by atoms with E-state index in [0.717, 1.165) is 5.39 Å². The normalized spacial score (nSPS) is 15.1. The van der Waals surface area contributed by atoms with Gasteiger partial charge in [0, 0.05) is 23.3 Å². The SMILES string of the molecule is CC(=O)Oc1c(OC(=O)C(C)(C)NC(=O)OC(C)(C)C)c2c(c3ccccc13)OC(C)(C)CC2. The fraction of sp³-hybridized carbons (Fsp3) is 0.500. The average molecular weight is 472 g/mol. The maximum absolute atomic E-state index is 13.2. The van der Waals surface area contributed by atoms with Crippen molar-refractivity contribution < 1.29 is 33.3 Å². The predicted molar refractivity (Wildman–Crippen MR) is 127 cm³/mol. The van der Waals surface area contributed by atoms with Crippen molar-refractivity contribution in [2.45, 2.75) is 85.0 Å². The largest absolute Gasteiger partial charge is 0.487 e. The van der Waals surface area contributed by atoms with Crippen molar-refractivity contribution in [2.75, 3.05) is 0 Å². The van der Waals surface area contributed by atoms with Crippen LogP contribution >= 0.6 is 0 Å². The molecule has 184 valence electrons. The number of fused-ring (bicyclic) bond motifs is 3. The molecule has 1 N–H and O–H groups in total. The number of esters is 2. The fourth-order valence-electron chi connectivity index (χ4n) is 3.68. The van der Waals surface area contributed by atoms with E-state index in [1.807, 2.05) is 26.0 Å². The number of nitrogens with one attached hydrogen (secondary N) is 1. The van der Waals surface area contributed by atoms with Gasteiger partial charge >= 0.3 is 18.0 Å². The van der Waals surface area contributed by atoms with E-state index in [1.165, 1.54) is 20.8 Å². The lowest BCUT2D eigenvalue weighted by Gasteiger charge is -2.35. The Kier molecular flexibility index (Phi) is 6.57. The van der Waals surface area contributed by atoms with Crippen LogP contribution in [0, 0.1) is 0 Å². The van der Waals surface area contributed by atoms with Crippen LogP contribution in [0.1, 0.15) is 67.4 Å². The van der Waals surface area contributed by atoms with Crippen molar-refractivity contribution in [3.63, 3.8) is 0 Å². The number of carbonyl (C=O) groups is 3. The van der Waals surface area contributed by atoms with Crippen LogP contribution in [0.2, 0.25) is 0 Å². The molecule has 2 aromatic carbocycles. The first-order valence-corrected chi connectivity index (χ1v) is 11.3. The molecular formula is C26H33NO7. The summed E-state index contributed by atoms with van der Waals surface area (Å²) in [5.74, 6) is -0.446. The van der Waals surface area contributed by atoms with Gasteiger partial charge in [-0.25, -0.2) is 9.59 Å². The number of hydrogen-bond acceptors (Lipinski definition) is 7. The molecule has 0 atom stereocenters. The van der Waals surface area contributed by atoms with Gasteiger partial charge in [-0.05, 0) is 61.3 Å². The van der Waals surface area contributed by atoms with E-state index in [4.69, 9.17) is 18.9 Å². The van der Waals surface area contributed by atoms with E-state index >= 15 is 0 Å². The Bertz CT molecular complexity index is 1140. The first-order valence-electron chi connectivity index (χ1n) is 11.3. The van der Waals surface area contributed by atoms with Crippen molar-refractivity contribution in [3.05, 3.63) is 29.8 Å². The van der Waals surface area contributed by atoms with Gasteiger partial charge in [0.2, 0.25) is 0 Å². The number of amides is 1.